The summed E-state index contributed by atoms with van der Waals surface area (Å²) >= 11 is 0. The minimum Gasteiger partial charge on any atom is -0.382 e. The Balaban J connectivity index is 1.41. The number of nitrogens with one attached hydrogen (secondary N) is 1. The lowest BCUT2D eigenvalue weighted by Gasteiger charge is -2.10. The van der Waals surface area contributed by atoms with Crippen LogP contribution in [0.4, 0.5) is 4.39 Å². The molecule has 138 valence electrons. The van der Waals surface area contributed by atoms with E-state index < -0.39 is 6.10 Å². The van der Waals surface area contributed by atoms with Crippen molar-refractivity contribution in [2.75, 3.05) is 0 Å². The van der Waals surface area contributed by atoms with E-state index in [-0.39, 0.29) is 11.7 Å². The van der Waals surface area contributed by atoms with Gasteiger partial charge in [-0.05, 0) is 31.2 Å². The highest BCUT2D eigenvalue weighted by Crippen LogP contribution is 2.19. The number of halogens is 1. The first-order valence-electron chi connectivity index (χ1n) is 8.86. The summed E-state index contributed by atoms with van der Waals surface area (Å²) in [6.07, 6.45) is -0.415. The molecular weight excluding hydrogens is 347 g/mol. The lowest BCUT2D eigenvalue weighted by Crippen LogP contribution is -2.35. The van der Waals surface area contributed by atoms with Gasteiger partial charge in [0.1, 0.15) is 11.6 Å². The highest BCUT2D eigenvalue weighted by molar-refractivity contribution is 6.04. The fraction of sp³-hybridized carbons (Fsp3) is 0.250. The molecule has 7 heteroatoms. The molecule has 0 bridgehead atoms. The third-order valence-corrected chi connectivity index (χ3v) is 4.59. The van der Waals surface area contributed by atoms with Gasteiger partial charge in [0.25, 0.3) is 5.91 Å². The number of para-hydroxylation sites is 2. The second-order valence-electron chi connectivity index (χ2n) is 6.33. The number of aryl methyl sites for hydroxylation is 1. The molecule has 0 saturated carbocycles. The summed E-state index contributed by atoms with van der Waals surface area (Å²) < 4.78 is 15.4. The number of imidazole rings is 1. The van der Waals surface area contributed by atoms with Gasteiger partial charge in [-0.25, -0.2) is 9.37 Å². The van der Waals surface area contributed by atoms with E-state index in [9.17, 15) is 9.18 Å². The van der Waals surface area contributed by atoms with Crippen LogP contribution < -0.4 is 5.32 Å². The predicted octanol–water partition coefficient (Wildman–Crippen LogP) is 3.00. The van der Waals surface area contributed by atoms with Gasteiger partial charge in [0.2, 0.25) is 6.10 Å². The molecule has 1 aromatic heterocycles. The fourth-order valence-corrected chi connectivity index (χ4v) is 3.25. The van der Waals surface area contributed by atoms with Gasteiger partial charge in [0.05, 0.1) is 23.3 Å². The van der Waals surface area contributed by atoms with Crippen molar-refractivity contribution in [2.24, 2.45) is 5.16 Å². The van der Waals surface area contributed by atoms with Crippen LogP contribution in [-0.2, 0) is 22.7 Å². The Morgan fingerprint density at radius 3 is 2.96 bits per heavy atom. The van der Waals surface area contributed by atoms with E-state index in [1.807, 2.05) is 31.2 Å². The summed E-state index contributed by atoms with van der Waals surface area (Å²) in [5.41, 5.74) is 3.13. The fourth-order valence-electron chi connectivity index (χ4n) is 3.25. The molecule has 1 unspecified atom stereocenters. The van der Waals surface area contributed by atoms with Crippen molar-refractivity contribution >= 4 is 22.7 Å². The number of carbonyl (C=O) groups excluding carboxylic acids is 1. The lowest BCUT2D eigenvalue weighted by atomic mass is 10.0. The molecule has 4 rings (SSSR count). The maximum Gasteiger partial charge on any atom is 0.264 e. The standard InChI is InChI=1S/C20H19FN4O2/c1-2-25-17-9-4-3-8-15(17)23-19(25)12-22-20(26)18-11-16(24-27-18)13-6-5-7-14(21)10-13/h3-10,18H,2,11-12H2,1H3,(H,22,26). The molecule has 0 saturated heterocycles. The lowest BCUT2D eigenvalue weighted by molar-refractivity contribution is -0.131. The highest BCUT2D eigenvalue weighted by atomic mass is 19.1. The zero-order valence-electron chi connectivity index (χ0n) is 14.9. The van der Waals surface area contributed by atoms with E-state index in [2.05, 4.69) is 20.0 Å². The van der Waals surface area contributed by atoms with Gasteiger partial charge in [-0.15, -0.1) is 0 Å². The molecule has 0 spiro atoms. The highest BCUT2D eigenvalue weighted by Gasteiger charge is 2.29. The summed E-state index contributed by atoms with van der Waals surface area (Å²) in [6.45, 7) is 3.10. The van der Waals surface area contributed by atoms with E-state index in [0.717, 1.165) is 23.4 Å². The largest absolute Gasteiger partial charge is 0.382 e. The van der Waals surface area contributed by atoms with E-state index >= 15 is 0 Å². The van der Waals surface area contributed by atoms with E-state index in [0.29, 0.717) is 24.2 Å². The second kappa shape index (κ2) is 7.19. The number of nitrogens with zero attached hydrogens (tertiary/aromatic N) is 3. The van der Waals surface area contributed by atoms with Crippen molar-refractivity contribution in [2.45, 2.75) is 32.5 Å². The smallest absolute Gasteiger partial charge is 0.264 e. The summed E-state index contributed by atoms with van der Waals surface area (Å²) in [7, 11) is 0. The number of hydrogen-bond donors (Lipinski definition) is 1. The zero-order chi connectivity index (χ0) is 18.8. The Hall–Kier alpha value is -3.22. The molecule has 2 aromatic carbocycles. The number of benzene rings is 2. The number of fused-ring (bicyclic) bond motifs is 1. The molecular formula is C20H19FN4O2. The Morgan fingerprint density at radius 1 is 1.30 bits per heavy atom. The molecule has 0 radical (unpaired) electrons. The van der Waals surface area contributed by atoms with Gasteiger partial charge in [-0.3, -0.25) is 4.79 Å². The maximum absolute atomic E-state index is 13.4. The molecule has 1 atom stereocenters. The molecule has 0 fully saturated rings. The van der Waals surface area contributed by atoms with Gasteiger partial charge in [-0.1, -0.05) is 29.4 Å². The van der Waals surface area contributed by atoms with Crippen molar-refractivity contribution in [1.29, 1.82) is 0 Å². The van der Waals surface area contributed by atoms with Crippen molar-refractivity contribution in [3.8, 4) is 0 Å². The van der Waals surface area contributed by atoms with Gasteiger partial charge in [0, 0.05) is 18.5 Å². The van der Waals surface area contributed by atoms with E-state index in [1.165, 1.54) is 12.1 Å². The first kappa shape index (κ1) is 17.2. The van der Waals surface area contributed by atoms with Crippen LogP contribution in [-0.4, -0.2) is 27.3 Å². The molecule has 1 amide bonds. The molecule has 0 aliphatic carbocycles. The summed E-state index contributed by atoms with van der Waals surface area (Å²) in [4.78, 5) is 22.3. The van der Waals surface area contributed by atoms with Crippen molar-refractivity contribution in [3.05, 3.63) is 65.7 Å². The van der Waals surface area contributed by atoms with E-state index in [4.69, 9.17) is 4.84 Å². The molecule has 2 heterocycles. The number of hydrogen-bond acceptors (Lipinski definition) is 4. The average molecular weight is 366 g/mol. The number of amides is 1. The Bertz CT molecular complexity index is 1030. The SMILES string of the molecule is CCn1c(CNC(=O)C2CC(c3cccc(F)c3)=NO2)nc2ccccc21. The molecule has 1 aliphatic heterocycles. The van der Waals surface area contributed by atoms with Crippen LogP contribution in [0.1, 0.15) is 24.7 Å². The number of aromatic nitrogens is 2. The van der Waals surface area contributed by atoms with Crippen molar-refractivity contribution in [3.63, 3.8) is 0 Å². The minimum absolute atomic E-state index is 0.264. The first-order chi connectivity index (χ1) is 13.2. The monoisotopic (exact) mass is 366 g/mol. The third kappa shape index (κ3) is 3.40. The minimum atomic E-state index is -0.720. The summed E-state index contributed by atoms with van der Waals surface area (Å²) in [6, 6.07) is 14.0. The summed E-state index contributed by atoms with van der Waals surface area (Å²) in [5.74, 6) is 0.178. The maximum atomic E-state index is 13.4. The first-order valence-corrected chi connectivity index (χ1v) is 8.86. The van der Waals surface area contributed by atoms with E-state index in [1.54, 1.807) is 12.1 Å². The predicted molar refractivity (Wildman–Crippen MR) is 99.7 cm³/mol. The number of carbonyl (C=O) groups is 1. The Morgan fingerprint density at radius 2 is 2.15 bits per heavy atom. The van der Waals surface area contributed by atoms with Crippen LogP contribution in [0.2, 0.25) is 0 Å². The average Bonchev–Trinajstić information content (AvgIpc) is 3.30. The molecule has 1 N–H and O–H groups in total. The van der Waals surface area contributed by atoms with Gasteiger partial charge in [-0.2, -0.15) is 0 Å². The topological polar surface area (TPSA) is 68.5 Å². The van der Waals surface area contributed by atoms with Crippen LogP contribution >= 0.6 is 0 Å². The molecule has 6 nitrogen and oxygen atoms in total. The van der Waals surface area contributed by atoms with Crippen molar-refractivity contribution in [1.82, 2.24) is 14.9 Å². The van der Waals surface area contributed by atoms with Crippen LogP contribution in [0.15, 0.2) is 53.7 Å². The Kier molecular flexibility index (Phi) is 4.58. The normalized spacial score (nSPS) is 16.2. The van der Waals surface area contributed by atoms with Crippen LogP contribution in [0, 0.1) is 5.82 Å². The van der Waals surface area contributed by atoms with Gasteiger partial charge in [0.15, 0.2) is 0 Å². The van der Waals surface area contributed by atoms with Crippen molar-refractivity contribution < 1.29 is 14.0 Å². The quantitative estimate of drug-likeness (QED) is 0.755. The van der Waals surface area contributed by atoms with Crippen LogP contribution in [0.25, 0.3) is 11.0 Å². The van der Waals surface area contributed by atoms with Crippen LogP contribution in [0.5, 0.6) is 0 Å². The number of oxime groups is 1. The van der Waals surface area contributed by atoms with Gasteiger partial charge < -0.3 is 14.7 Å². The zero-order valence-corrected chi connectivity index (χ0v) is 14.9. The summed E-state index contributed by atoms with van der Waals surface area (Å²) in [5, 5.41) is 6.81. The molecule has 3 aromatic rings. The van der Waals surface area contributed by atoms with Gasteiger partial charge >= 0.3 is 0 Å². The number of rotatable bonds is 5. The molecule has 1 aliphatic rings. The molecule has 27 heavy (non-hydrogen) atoms. The third-order valence-electron chi connectivity index (χ3n) is 4.59. The Labute approximate surface area is 155 Å². The van der Waals surface area contributed by atoms with Crippen LogP contribution in [0.3, 0.4) is 0 Å². The second-order valence-corrected chi connectivity index (χ2v) is 6.33.